The van der Waals surface area contributed by atoms with Gasteiger partial charge in [-0.25, -0.2) is 8.42 Å². The van der Waals surface area contributed by atoms with Gasteiger partial charge in [0.1, 0.15) is 0 Å². The van der Waals surface area contributed by atoms with Gasteiger partial charge in [0.05, 0.1) is 27.0 Å². The van der Waals surface area contributed by atoms with Gasteiger partial charge in [-0.3, -0.25) is 4.79 Å². The summed E-state index contributed by atoms with van der Waals surface area (Å²) >= 11 is 6.34. The van der Waals surface area contributed by atoms with Crippen LogP contribution < -0.4 is 10.6 Å². The normalized spacial score (nSPS) is 11.1. The van der Waals surface area contributed by atoms with E-state index < -0.39 is 9.84 Å². The summed E-state index contributed by atoms with van der Waals surface area (Å²) in [5, 5.41) is 5.79. The topological polar surface area (TPSA) is 75.3 Å². The van der Waals surface area contributed by atoms with Crippen LogP contribution in [0.3, 0.4) is 0 Å². The van der Waals surface area contributed by atoms with E-state index in [1.165, 1.54) is 18.2 Å². The minimum Gasteiger partial charge on any atom is -0.375 e. The van der Waals surface area contributed by atoms with Crippen LogP contribution in [-0.4, -0.2) is 20.9 Å². The van der Waals surface area contributed by atoms with Gasteiger partial charge >= 0.3 is 0 Å². The van der Waals surface area contributed by atoms with Crippen LogP contribution in [0.15, 0.2) is 82.6 Å². The fourth-order valence-corrected chi connectivity index (χ4v) is 4.60. The average molecular weight is 429 g/mol. The number of nitrogens with one attached hydrogen (secondary N) is 2. The molecule has 0 unspecified atom stereocenters. The third kappa shape index (κ3) is 5.16. The predicted molar refractivity (Wildman–Crippen MR) is 115 cm³/mol. The van der Waals surface area contributed by atoms with Crippen molar-refractivity contribution in [2.24, 2.45) is 0 Å². The molecular weight excluding hydrogens is 408 g/mol. The maximum Gasteiger partial charge on any atom is 0.239 e. The fourth-order valence-electron chi connectivity index (χ4n) is 2.73. The highest BCUT2D eigenvalue weighted by atomic mass is 35.5. The Kier molecular flexibility index (Phi) is 6.56. The Labute approximate surface area is 175 Å². The Morgan fingerprint density at radius 2 is 1.62 bits per heavy atom. The molecule has 0 aliphatic heterocycles. The molecule has 0 radical (unpaired) electrons. The Bertz CT molecular complexity index is 1100. The number of benzene rings is 3. The quantitative estimate of drug-likeness (QED) is 0.591. The molecule has 0 saturated heterocycles. The minimum absolute atomic E-state index is 0.00423. The summed E-state index contributed by atoms with van der Waals surface area (Å²) in [4.78, 5) is 12.3. The van der Waals surface area contributed by atoms with E-state index in [2.05, 4.69) is 10.6 Å². The number of halogens is 1. The molecule has 0 bridgehead atoms. The van der Waals surface area contributed by atoms with E-state index in [9.17, 15) is 13.2 Å². The molecule has 150 valence electrons. The van der Waals surface area contributed by atoms with E-state index >= 15 is 0 Å². The number of aryl methyl sites for hydroxylation is 1. The number of carbonyl (C=O) groups is 1. The lowest BCUT2D eigenvalue weighted by Gasteiger charge is -2.13. The molecule has 7 heteroatoms. The summed E-state index contributed by atoms with van der Waals surface area (Å²) in [5.74, 6) is -0.224. The summed E-state index contributed by atoms with van der Waals surface area (Å²) in [6.45, 7) is 2.39. The van der Waals surface area contributed by atoms with Crippen LogP contribution in [0.1, 0.15) is 11.1 Å². The zero-order chi connectivity index (χ0) is 20.9. The highest BCUT2D eigenvalue weighted by Gasteiger charge is 2.22. The van der Waals surface area contributed by atoms with Crippen LogP contribution in [0, 0.1) is 6.92 Å². The summed E-state index contributed by atoms with van der Waals surface area (Å²) in [6.07, 6.45) is 0. The first-order valence-corrected chi connectivity index (χ1v) is 10.9. The molecule has 0 heterocycles. The lowest BCUT2D eigenvalue weighted by Crippen LogP contribution is -2.29. The van der Waals surface area contributed by atoms with E-state index in [1.54, 1.807) is 30.3 Å². The molecule has 1 amide bonds. The van der Waals surface area contributed by atoms with Gasteiger partial charge < -0.3 is 10.6 Å². The van der Waals surface area contributed by atoms with Crippen molar-refractivity contribution in [3.63, 3.8) is 0 Å². The van der Waals surface area contributed by atoms with Gasteiger partial charge in [0.25, 0.3) is 0 Å². The lowest BCUT2D eigenvalue weighted by atomic mass is 10.1. The highest BCUT2D eigenvalue weighted by Crippen LogP contribution is 2.32. The zero-order valence-corrected chi connectivity index (χ0v) is 17.4. The molecule has 0 saturated carbocycles. The van der Waals surface area contributed by atoms with Gasteiger partial charge in [-0.15, -0.1) is 0 Å². The van der Waals surface area contributed by atoms with Crippen LogP contribution in [-0.2, 0) is 21.2 Å². The third-order valence-electron chi connectivity index (χ3n) is 4.36. The van der Waals surface area contributed by atoms with Gasteiger partial charge in [-0.1, -0.05) is 65.7 Å². The van der Waals surface area contributed by atoms with Gasteiger partial charge in [0, 0.05) is 6.54 Å². The van der Waals surface area contributed by atoms with Crippen LogP contribution in [0.5, 0.6) is 0 Å². The molecule has 0 spiro atoms. The molecule has 3 rings (SSSR count). The monoisotopic (exact) mass is 428 g/mol. The second kappa shape index (κ2) is 9.11. The Morgan fingerprint density at radius 3 is 2.31 bits per heavy atom. The van der Waals surface area contributed by atoms with Crippen molar-refractivity contribution in [2.45, 2.75) is 23.3 Å². The molecule has 0 aliphatic rings. The van der Waals surface area contributed by atoms with Crippen molar-refractivity contribution in [1.29, 1.82) is 0 Å². The lowest BCUT2D eigenvalue weighted by molar-refractivity contribution is -0.119. The van der Waals surface area contributed by atoms with Crippen LogP contribution in [0.4, 0.5) is 5.69 Å². The molecule has 3 aromatic rings. The largest absolute Gasteiger partial charge is 0.375 e. The first-order valence-electron chi connectivity index (χ1n) is 9.02. The number of hydrogen-bond acceptors (Lipinski definition) is 4. The first-order chi connectivity index (χ1) is 13.9. The third-order valence-corrected chi connectivity index (χ3v) is 6.69. The van der Waals surface area contributed by atoms with Crippen LogP contribution in [0.2, 0.25) is 5.02 Å². The number of carbonyl (C=O) groups excluding carboxylic acids is 1. The first kappa shape index (κ1) is 20.9. The standard InChI is InChI=1S/C22H21ClN2O3S/c1-16-10-12-17(13-11-16)14-25-21(26)15-24-19-8-5-9-20(22(19)23)29(27,28)18-6-3-2-4-7-18/h2-13,24H,14-15H2,1H3,(H,25,26). The average Bonchev–Trinajstić information content (AvgIpc) is 2.73. The van der Waals surface area contributed by atoms with E-state index in [4.69, 9.17) is 11.6 Å². The van der Waals surface area contributed by atoms with Gasteiger partial charge in [-0.2, -0.15) is 0 Å². The van der Waals surface area contributed by atoms with Crippen molar-refractivity contribution in [1.82, 2.24) is 5.32 Å². The number of anilines is 1. The number of rotatable bonds is 7. The Morgan fingerprint density at radius 1 is 0.931 bits per heavy atom. The fraction of sp³-hybridized carbons (Fsp3) is 0.136. The molecule has 0 fully saturated rings. The van der Waals surface area contributed by atoms with Crippen molar-refractivity contribution < 1.29 is 13.2 Å². The smallest absolute Gasteiger partial charge is 0.239 e. The number of sulfone groups is 1. The molecule has 29 heavy (non-hydrogen) atoms. The molecule has 0 atom stereocenters. The summed E-state index contributed by atoms with van der Waals surface area (Å²) in [7, 11) is -3.75. The SMILES string of the molecule is Cc1ccc(CNC(=O)CNc2cccc(S(=O)(=O)c3ccccc3)c2Cl)cc1. The number of hydrogen-bond donors (Lipinski definition) is 2. The van der Waals surface area contributed by atoms with E-state index in [0.29, 0.717) is 12.2 Å². The van der Waals surface area contributed by atoms with Gasteiger partial charge in [0.15, 0.2) is 0 Å². The van der Waals surface area contributed by atoms with Crippen molar-refractivity contribution in [2.75, 3.05) is 11.9 Å². The molecule has 0 aliphatic carbocycles. The highest BCUT2D eigenvalue weighted by molar-refractivity contribution is 7.91. The zero-order valence-electron chi connectivity index (χ0n) is 15.9. The minimum atomic E-state index is -3.75. The van der Waals surface area contributed by atoms with Gasteiger partial charge in [-0.05, 0) is 36.8 Å². The predicted octanol–water partition coefficient (Wildman–Crippen LogP) is 4.21. The maximum atomic E-state index is 12.8. The van der Waals surface area contributed by atoms with E-state index in [1.807, 2.05) is 31.2 Å². The maximum absolute atomic E-state index is 12.8. The second-order valence-electron chi connectivity index (χ2n) is 6.55. The Balaban J connectivity index is 1.67. The molecular formula is C22H21ClN2O3S. The van der Waals surface area contributed by atoms with Gasteiger partial charge in [0.2, 0.25) is 15.7 Å². The van der Waals surface area contributed by atoms with E-state index in [0.717, 1.165) is 11.1 Å². The molecule has 3 aromatic carbocycles. The Hall–Kier alpha value is -2.83. The number of amides is 1. The van der Waals surface area contributed by atoms with Crippen molar-refractivity contribution >= 4 is 33.0 Å². The molecule has 5 nitrogen and oxygen atoms in total. The molecule has 2 N–H and O–H groups in total. The summed E-state index contributed by atoms with van der Waals surface area (Å²) < 4.78 is 25.7. The van der Waals surface area contributed by atoms with Crippen LogP contribution in [0.25, 0.3) is 0 Å². The van der Waals surface area contributed by atoms with Crippen molar-refractivity contribution in [3.05, 3.63) is 88.9 Å². The molecule has 0 aromatic heterocycles. The van der Waals surface area contributed by atoms with E-state index in [-0.39, 0.29) is 27.3 Å². The summed E-state index contributed by atoms with van der Waals surface area (Å²) in [6, 6.07) is 20.7. The van der Waals surface area contributed by atoms with Crippen LogP contribution >= 0.6 is 11.6 Å². The summed E-state index contributed by atoms with van der Waals surface area (Å²) in [5.41, 5.74) is 2.54. The van der Waals surface area contributed by atoms with Crippen molar-refractivity contribution in [3.8, 4) is 0 Å². The second-order valence-corrected chi connectivity index (χ2v) is 8.85.